The van der Waals surface area contributed by atoms with Crippen LogP contribution in [0.5, 0.6) is 0 Å². The first-order chi connectivity index (χ1) is 13.0. The predicted molar refractivity (Wildman–Crippen MR) is 105 cm³/mol. The molecule has 2 atom stereocenters. The SMILES string of the molecule is CCc1ccc(COC(=O)N2C(C)CN(C(=O)OC(C)(C)C)CC2C)c(F)c1. The molecule has 0 aromatic heterocycles. The molecule has 6 nitrogen and oxygen atoms in total. The van der Waals surface area contributed by atoms with E-state index in [9.17, 15) is 14.0 Å². The summed E-state index contributed by atoms with van der Waals surface area (Å²) in [5.41, 5.74) is 0.670. The Balaban J connectivity index is 1.96. The highest BCUT2D eigenvalue weighted by atomic mass is 19.1. The van der Waals surface area contributed by atoms with Gasteiger partial charge in [-0.2, -0.15) is 0 Å². The van der Waals surface area contributed by atoms with Gasteiger partial charge in [-0.1, -0.05) is 19.1 Å². The van der Waals surface area contributed by atoms with Crippen LogP contribution >= 0.6 is 0 Å². The maximum absolute atomic E-state index is 14.1. The van der Waals surface area contributed by atoms with Crippen molar-refractivity contribution in [2.45, 2.75) is 72.3 Å². The van der Waals surface area contributed by atoms with Gasteiger partial charge in [-0.3, -0.25) is 4.90 Å². The molecule has 0 N–H and O–H groups in total. The van der Waals surface area contributed by atoms with E-state index in [4.69, 9.17) is 9.47 Å². The van der Waals surface area contributed by atoms with E-state index < -0.39 is 17.8 Å². The lowest BCUT2D eigenvalue weighted by Gasteiger charge is -2.43. The van der Waals surface area contributed by atoms with Crippen molar-refractivity contribution < 1.29 is 23.5 Å². The first-order valence-electron chi connectivity index (χ1n) is 9.72. The number of hydrogen-bond donors (Lipinski definition) is 0. The Morgan fingerprint density at radius 1 is 1.14 bits per heavy atom. The van der Waals surface area contributed by atoms with Crippen LogP contribution in [0.1, 0.15) is 52.7 Å². The number of piperazine rings is 1. The van der Waals surface area contributed by atoms with Gasteiger partial charge in [0, 0.05) is 18.7 Å². The summed E-state index contributed by atoms with van der Waals surface area (Å²) < 4.78 is 24.9. The van der Waals surface area contributed by atoms with Crippen molar-refractivity contribution in [1.82, 2.24) is 9.80 Å². The van der Waals surface area contributed by atoms with Gasteiger partial charge in [0.25, 0.3) is 0 Å². The number of carbonyl (C=O) groups excluding carboxylic acids is 2. The summed E-state index contributed by atoms with van der Waals surface area (Å²) in [5.74, 6) is -0.372. The second kappa shape index (κ2) is 8.80. The molecular formula is C21H31FN2O4. The van der Waals surface area contributed by atoms with Gasteiger partial charge in [-0.25, -0.2) is 14.0 Å². The van der Waals surface area contributed by atoms with Crippen molar-refractivity contribution in [3.63, 3.8) is 0 Å². The van der Waals surface area contributed by atoms with E-state index in [0.717, 1.165) is 12.0 Å². The molecule has 2 amide bonds. The smallest absolute Gasteiger partial charge is 0.410 e. The van der Waals surface area contributed by atoms with Crippen molar-refractivity contribution in [2.24, 2.45) is 0 Å². The highest BCUT2D eigenvalue weighted by Gasteiger charge is 2.37. The van der Waals surface area contributed by atoms with Crippen LogP contribution in [0.2, 0.25) is 0 Å². The standard InChI is InChI=1S/C21H31FN2O4/c1-7-16-8-9-17(18(22)10-16)13-27-20(26)24-14(2)11-23(12-15(24)3)19(25)28-21(4,5)6/h8-10,14-15H,7,11-13H2,1-6H3. The number of amides is 2. The summed E-state index contributed by atoms with van der Waals surface area (Å²) in [6.07, 6.45) is -0.159. The second-order valence-corrected chi connectivity index (χ2v) is 8.32. The number of hydrogen-bond acceptors (Lipinski definition) is 4. The molecule has 1 aliphatic heterocycles. The van der Waals surface area contributed by atoms with Crippen LogP contribution in [0.15, 0.2) is 18.2 Å². The van der Waals surface area contributed by atoms with E-state index >= 15 is 0 Å². The number of rotatable bonds is 3. The molecule has 0 bridgehead atoms. The first-order valence-corrected chi connectivity index (χ1v) is 9.72. The number of benzene rings is 1. The quantitative estimate of drug-likeness (QED) is 0.765. The molecule has 156 valence electrons. The lowest BCUT2D eigenvalue weighted by Crippen LogP contribution is -2.60. The highest BCUT2D eigenvalue weighted by molar-refractivity contribution is 5.71. The van der Waals surface area contributed by atoms with Crippen LogP contribution < -0.4 is 0 Å². The summed E-state index contributed by atoms with van der Waals surface area (Å²) in [4.78, 5) is 28.1. The molecule has 2 unspecified atom stereocenters. The van der Waals surface area contributed by atoms with Crippen LogP contribution in [0.4, 0.5) is 14.0 Å². The Morgan fingerprint density at radius 2 is 1.75 bits per heavy atom. The van der Waals surface area contributed by atoms with Crippen molar-refractivity contribution in [3.8, 4) is 0 Å². The summed E-state index contributed by atoms with van der Waals surface area (Å²) in [6.45, 7) is 11.7. The molecule has 7 heteroatoms. The summed E-state index contributed by atoms with van der Waals surface area (Å²) in [7, 11) is 0. The lowest BCUT2D eigenvalue weighted by atomic mass is 10.1. The number of nitrogens with zero attached hydrogens (tertiary/aromatic N) is 2. The summed E-state index contributed by atoms with van der Waals surface area (Å²) in [5, 5.41) is 0. The largest absolute Gasteiger partial charge is 0.444 e. The lowest BCUT2D eigenvalue weighted by molar-refractivity contribution is -0.00983. The maximum atomic E-state index is 14.1. The van der Waals surface area contributed by atoms with Crippen LogP contribution in [-0.2, 0) is 22.5 Å². The van der Waals surface area contributed by atoms with E-state index in [1.807, 2.05) is 47.6 Å². The number of carbonyl (C=O) groups is 2. The van der Waals surface area contributed by atoms with E-state index in [-0.39, 0.29) is 24.5 Å². The molecule has 1 fully saturated rings. The van der Waals surface area contributed by atoms with E-state index in [2.05, 4.69) is 0 Å². The average molecular weight is 394 g/mol. The van der Waals surface area contributed by atoms with Gasteiger partial charge in [-0.15, -0.1) is 0 Å². The molecule has 1 aromatic carbocycles. The summed E-state index contributed by atoms with van der Waals surface area (Å²) >= 11 is 0. The Labute approximate surface area is 166 Å². The fourth-order valence-electron chi connectivity index (χ4n) is 3.30. The van der Waals surface area contributed by atoms with Crippen molar-refractivity contribution in [1.29, 1.82) is 0 Å². The first kappa shape index (κ1) is 22.0. The third kappa shape index (κ3) is 5.59. The Hall–Kier alpha value is -2.31. The van der Waals surface area contributed by atoms with Gasteiger partial charge >= 0.3 is 12.2 Å². The molecule has 28 heavy (non-hydrogen) atoms. The zero-order valence-electron chi connectivity index (χ0n) is 17.6. The molecule has 1 saturated heterocycles. The molecule has 0 saturated carbocycles. The number of halogens is 1. The Kier molecular flexibility index (Phi) is 6.91. The molecule has 2 rings (SSSR count). The molecule has 1 aromatic rings. The Morgan fingerprint density at radius 3 is 2.25 bits per heavy atom. The normalized spacial score (nSPS) is 20.1. The van der Waals surface area contributed by atoms with E-state index in [1.54, 1.807) is 15.9 Å². The van der Waals surface area contributed by atoms with Gasteiger partial charge in [-0.05, 0) is 52.7 Å². The highest BCUT2D eigenvalue weighted by Crippen LogP contribution is 2.21. The summed E-state index contributed by atoms with van der Waals surface area (Å²) in [6, 6.07) is 4.46. The van der Waals surface area contributed by atoms with Crippen LogP contribution in [0, 0.1) is 5.82 Å². The molecule has 1 heterocycles. The van der Waals surface area contributed by atoms with Crippen molar-refractivity contribution in [2.75, 3.05) is 13.1 Å². The van der Waals surface area contributed by atoms with Gasteiger partial charge in [0.1, 0.15) is 18.0 Å². The fourth-order valence-corrected chi connectivity index (χ4v) is 3.30. The predicted octanol–water partition coefficient (Wildman–Crippen LogP) is 4.35. The third-order valence-corrected chi connectivity index (χ3v) is 4.66. The maximum Gasteiger partial charge on any atom is 0.410 e. The van der Waals surface area contributed by atoms with E-state index in [1.165, 1.54) is 6.07 Å². The van der Waals surface area contributed by atoms with Gasteiger partial charge in [0.05, 0.1) is 12.1 Å². The fraction of sp³-hybridized carbons (Fsp3) is 0.619. The molecule has 0 aliphatic carbocycles. The van der Waals surface area contributed by atoms with Gasteiger partial charge in [0.15, 0.2) is 0 Å². The second-order valence-electron chi connectivity index (χ2n) is 8.32. The molecule has 0 radical (unpaired) electrons. The number of ether oxygens (including phenoxy) is 2. The monoisotopic (exact) mass is 394 g/mol. The van der Waals surface area contributed by atoms with Crippen LogP contribution in [0.3, 0.4) is 0 Å². The zero-order valence-corrected chi connectivity index (χ0v) is 17.6. The Bertz CT molecular complexity index is 705. The number of aryl methyl sites for hydroxylation is 1. The van der Waals surface area contributed by atoms with Crippen molar-refractivity contribution >= 4 is 12.2 Å². The van der Waals surface area contributed by atoms with Crippen molar-refractivity contribution in [3.05, 3.63) is 35.1 Å². The molecular weight excluding hydrogens is 363 g/mol. The zero-order chi connectivity index (χ0) is 21.1. The minimum Gasteiger partial charge on any atom is -0.444 e. The van der Waals surface area contributed by atoms with Crippen LogP contribution in [0.25, 0.3) is 0 Å². The topological polar surface area (TPSA) is 59.1 Å². The minimum atomic E-state index is -0.572. The third-order valence-electron chi connectivity index (χ3n) is 4.66. The van der Waals surface area contributed by atoms with Crippen LogP contribution in [-0.4, -0.2) is 52.8 Å². The van der Waals surface area contributed by atoms with Gasteiger partial charge in [0.2, 0.25) is 0 Å². The molecule has 0 spiro atoms. The average Bonchev–Trinajstić information content (AvgIpc) is 2.58. The van der Waals surface area contributed by atoms with E-state index in [0.29, 0.717) is 18.7 Å². The molecule has 1 aliphatic rings. The van der Waals surface area contributed by atoms with Gasteiger partial charge < -0.3 is 14.4 Å². The minimum absolute atomic E-state index is 0.125.